The maximum atomic E-state index is 12.0. The lowest BCUT2D eigenvalue weighted by atomic mass is 10.3. The van der Waals surface area contributed by atoms with Crippen molar-refractivity contribution in [2.75, 3.05) is 18.4 Å². The number of amides is 3. The van der Waals surface area contributed by atoms with Gasteiger partial charge in [0, 0.05) is 25.7 Å². The first kappa shape index (κ1) is 18.2. The molecule has 0 aliphatic carbocycles. The van der Waals surface area contributed by atoms with E-state index in [1.54, 1.807) is 24.3 Å². The van der Waals surface area contributed by atoms with Crippen molar-refractivity contribution in [2.24, 2.45) is 5.73 Å². The van der Waals surface area contributed by atoms with E-state index in [0.717, 1.165) is 4.90 Å². The highest BCUT2D eigenvalue weighted by molar-refractivity contribution is 6.41. The molecule has 25 heavy (non-hydrogen) atoms. The summed E-state index contributed by atoms with van der Waals surface area (Å²) in [7, 11) is 0. The maximum absolute atomic E-state index is 12.0. The number of benzene rings is 2. The molecule has 0 heterocycles. The standard InChI is InChI=1S/C18H19N3O4/c1-13(22)21(12-11-19)18(24)17(23)20-14-7-9-16(10-8-14)25-15-5-3-2-4-6-15/h2-10H,11-12,19H2,1H3,(H,20,23). The predicted octanol–water partition coefficient (Wildman–Crippen LogP) is 1.75. The van der Waals surface area contributed by atoms with Crippen molar-refractivity contribution in [1.29, 1.82) is 0 Å². The smallest absolute Gasteiger partial charge is 0.318 e. The maximum Gasteiger partial charge on any atom is 0.318 e. The van der Waals surface area contributed by atoms with Crippen molar-refractivity contribution in [3.05, 3.63) is 54.6 Å². The molecule has 0 saturated carbocycles. The van der Waals surface area contributed by atoms with E-state index in [1.807, 2.05) is 30.3 Å². The van der Waals surface area contributed by atoms with Gasteiger partial charge < -0.3 is 15.8 Å². The van der Waals surface area contributed by atoms with E-state index in [1.165, 1.54) is 6.92 Å². The fourth-order valence-corrected chi connectivity index (χ4v) is 2.07. The number of ether oxygens (including phenoxy) is 1. The van der Waals surface area contributed by atoms with E-state index in [4.69, 9.17) is 10.5 Å². The molecule has 3 N–H and O–H groups in total. The van der Waals surface area contributed by atoms with Crippen LogP contribution in [-0.4, -0.2) is 35.7 Å². The monoisotopic (exact) mass is 341 g/mol. The predicted molar refractivity (Wildman–Crippen MR) is 93.0 cm³/mol. The van der Waals surface area contributed by atoms with Gasteiger partial charge in [0.1, 0.15) is 11.5 Å². The summed E-state index contributed by atoms with van der Waals surface area (Å²) in [4.78, 5) is 36.2. The lowest BCUT2D eigenvalue weighted by Gasteiger charge is -2.17. The Bertz CT molecular complexity index is 745. The molecule has 0 radical (unpaired) electrons. The molecule has 3 amide bonds. The Morgan fingerprint density at radius 1 is 1.00 bits per heavy atom. The Morgan fingerprint density at radius 3 is 2.16 bits per heavy atom. The fraction of sp³-hybridized carbons (Fsp3) is 0.167. The summed E-state index contributed by atoms with van der Waals surface area (Å²) in [5, 5.41) is 2.45. The molecule has 2 aromatic carbocycles. The van der Waals surface area contributed by atoms with Crippen molar-refractivity contribution in [3.63, 3.8) is 0 Å². The minimum Gasteiger partial charge on any atom is -0.457 e. The Labute approximate surface area is 145 Å². The number of rotatable bonds is 5. The van der Waals surface area contributed by atoms with Crippen molar-refractivity contribution >= 4 is 23.4 Å². The van der Waals surface area contributed by atoms with Crippen LogP contribution in [-0.2, 0) is 14.4 Å². The Kier molecular flexibility index (Phi) is 6.25. The average molecular weight is 341 g/mol. The summed E-state index contributed by atoms with van der Waals surface area (Å²) in [5.41, 5.74) is 5.76. The van der Waals surface area contributed by atoms with E-state index in [2.05, 4.69) is 5.32 Å². The molecule has 0 aromatic heterocycles. The van der Waals surface area contributed by atoms with Crippen LogP contribution in [0.2, 0.25) is 0 Å². The van der Waals surface area contributed by atoms with Crippen molar-refractivity contribution in [1.82, 2.24) is 4.90 Å². The molecule has 7 nitrogen and oxygen atoms in total. The third kappa shape index (κ3) is 5.15. The van der Waals surface area contributed by atoms with Gasteiger partial charge in [0.15, 0.2) is 0 Å². The van der Waals surface area contributed by atoms with Gasteiger partial charge in [0.25, 0.3) is 0 Å². The van der Waals surface area contributed by atoms with E-state index in [9.17, 15) is 14.4 Å². The first-order chi connectivity index (χ1) is 12.0. The number of carbonyl (C=O) groups is 3. The van der Waals surface area contributed by atoms with Gasteiger partial charge in [-0.2, -0.15) is 0 Å². The minimum atomic E-state index is -0.942. The van der Waals surface area contributed by atoms with Crippen molar-refractivity contribution in [3.8, 4) is 11.5 Å². The highest BCUT2D eigenvalue weighted by Gasteiger charge is 2.24. The van der Waals surface area contributed by atoms with E-state index < -0.39 is 17.7 Å². The first-order valence-corrected chi connectivity index (χ1v) is 7.67. The number of anilines is 1. The molecule has 0 bridgehead atoms. The van der Waals surface area contributed by atoms with Crippen LogP contribution in [0.15, 0.2) is 54.6 Å². The molecule has 0 fully saturated rings. The Balaban J connectivity index is 1.99. The van der Waals surface area contributed by atoms with Crippen molar-refractivity contribution < 1.29 is 19.1 Å². The van der Waals surface area contributed by atoms with Crippen LogP contribution >= 0.6 is 0 Å². The molecule has 0 atom stereocenters. The van der Waals surface area contributed by atoms with Gasteiger partial charge >= 0.3 is 11.8 Å². The lowest BCUT2D eigenvalue weighted by Crippen LogP contribution is -2.44. The van der Waals surface area contributed by atoms with E-state index >= 15 is 0 Å². The highest BCUT2D eigenvalue weighted by atomic mass is 16.5. The van der Waals surface area contributed by atoms with E-state index in [0.29, 0.717) is 17.2 Å². The molecule has 0 saturated heterocycles. The van der Waals surface area contributed by atoms with Crippen LogP contribution in [0, 0.1) is 0 Å². The number of nitrogens with one attached hydrogen (secondary N) is 1. The van der Waals surface area contributed by atoms with Gasteiger partial charge in [0.05, 0.1) is 0 Å². The van der Waals surface area contributed by atoms with Crippen LogP contribution in [0.4, 0.5) is 5.69 Å². The number of imide groups is 1. The fourth-order valence-electron chi connectivity index (χ4n) is 2.07. The average Bonchev–Trinajstić information content (AvgIpc) is 2.61. The Morgan fingerprint density at radius 2 is 1.60 bits per heavy atom. The van der Waals surface area contributed by atoms with Gasteiger partial charge in [-0.15, -0.1) is 0 Å². The van der Waals surface area contributed by atoms with Gasteiger partial charge in [-0.05, 0) is 36.4 Å². The summed E-state index contributed by atoms with van der Waals surface area (Å²) >= 11 is 0. The third-order valence-corrected chi connectivity index (χ3v) is 3.26. The summed E-state index contributed by atoms with van der Waals surface area (Å²) in [5.74, 6) is -1.10. The van der Waals surface area contributed by atoms with Gasteiger partial charge in [-0.3, -0.25) is 19.3 Å². The molecular weight excluding hydrogens is 322 g/mol. The van der Waals surface area contributed by atoms with Crippen molar-refractivity contribution in [2.45, 2.75) is 6.92 Å². The van der Waals surface area contributed by atoms with E-state index in [-0.39, 0.29) is 13.1 Å². The van der Waals surface area contributed by atoms with Crippen LogP contribution in [0.3, 0.4) is 0 Å². The quantitative estimate of drug-likeness (QED) is 0.807. The molecule has 2 aromatic rings. The molecule has 2 rings (SSSR count). The van der Waals surface area contributed by atoms with Crippen LogP contribution in [0.25, 0.3) is 0 Å². The zero-order valence-electron chi connectivity index (χ0n) is 13.8. The molecule has 0 aliphatic rings. The minimum absolute atomic E-state index is 0.00849. The topological polar surface area (TPSA) is 102 Å². The number of nitrogens with zero attached hydrogens (tertiary/aromatic N) is 1. The van der Waals surface area contributed by atoms with Gasteiger partial charge in [-0.1, -0.05) is 18.2 Å². The zero-order valence-corrected chi connectivity index (χ0v) is 13.8. The zero-order chi connectivity index (χ0) is 18.2. The summed E-state index contributed by atoms with van der Waals surface area (Å²) in [6, 6.07) is 15.8. The normalized spacial score (nSPS) is 10.0. The molecule has 0 aliphatic heterocycles. The number of carbonyl (C=O) groups excluding carboxylic acids is 3. The first-order valence-electron chi connectivity index (χ1n) is 7.67. The molecule has 0 unspecified atom stereocenters. The number of hydrogen-bond acceptors (Lipinski definition) is 5. The molecule has 130 valence electrons. The van der Waals surface area contributed by atoms with Gasteiger partial charge in [0.2, 0.25) is 5.91 Å². The molecule has 7 heteroatoms. The second kappa shape index (κ2) is 8.60. The summed E-state index contributed by atoms with van der Waals surface area (Å²) in [6.45, 7) is 1.28. The summed E-state index contributed by atoms with van der Waals surface area (Å²) in [6.07, 6.45) is 0. The van der Waals surface area contributed by atoms with Crippen LogP contribution in [0.5, 0.6) is 11.5 Å². The Hall–Kier alpha value is -3.19. The number of nitrogens with two attached hydrogens (primary N) is 1. The number of hydrogen-bond donors (Lipinski definition) is 2. The molecule has 0 spiro atoms. The van der Waals surface area contributed by atoms with Crippen LogP contribution < -0.4 is 15.8 Å². The van der Waals surface area contributed by atoms with Gasteiger partial charge in [-0.25, -0.2) is 0 Å². The van der Waals surface area contributed by atoms with Crippen LogP contribution in [0.1, 0.15) is 6.92 Å². The highest BCUT2D eigenvalue weighted by Crippen LogP contribution is 2.22. The largest absolute Gasteiger partial charge is 0.457 e. The second-order valence-electron chi connectivity index (χ2n) is 5.16. The molecular formula is C18H19N3O4. The summed E-state index contributed by atoms with van der Waals surface area (Å²) < 4.78 is 5.64. The third-order valence-electron chi connectivity index (χ3n) is 3.26. The second-order valence-corrected chi connectivity index (χ2v) is 5.16. The lowest BCUT2D eigenvalue weighted by molar-refractivity contribution is -0.149. The number of para-hydroxylation sites is 1. The SMILES string of the molecule is CC(=O)N(CCN)C(=O)C(=O)Nc1ccc(Oc2ccccc2)cc1.